The van der Waals surface area contributed by atoms with Gasteiger partial charge in [-0.05, 0) is 65.4 Å². The summed E-state index contributed by atoms with van der Waals surface area (Å²) < 4.78 is 2.41. The second-order valence-electron chi connectivity index (χ2n) is 5.62. The van der Waals surface area contributed by atoms with Crippen molar-refractivity contribution in [3.8, 4) is 17.6 Å². The van der Waals surface area contributed by atoms with Crippen molar-refractivity contribution in [2.45, 2.75) is 32.1 Å². The van der Waals surface area contributed by atoms with Crippen LogP contribution in [0.15, 0.2) is 22.7 Å². The minimum atomic E-state index is -0.954. The first-order valence-electron chi connectivity index (χ1n) is 7.39. The number of rotatable bonds is 3. The Kier molecular flexibility index (Phi) is 4.14. The maximum atomic E-state index is 11.1. The fourth-order valence-corrected chi connectivity index (χ4v) is 3.77. The zero-order chi connectivity index (χ0) is 16.6. The number of hydrogen-bond donors (Lipinski definition) is 2. The van der Waals surface area contributed by atoms with Crippen LogP contribution in [0.5, 0.6) is 5.88 Å². The van der Waals surface area contributed by atoms with Crippen molar-refractivity contribution in [2.24, 2.45) is 0 Å². The van der Waals surface area contributed by atoms with Gasteiger partial charge in [0.05, 0.1) is 23.7 Å². The van der Waals surface area contributed by atoms with Crippen molar-refractivity contribution < 1.29 is 15.0 Å². The summed E-state index contributed by atoms with van der Waals surface area (Å²) in [6.07, 6.45) is 3.41. The second-order valence-corrected chi connectivity index (χ2v) is 6.47. The summed E-state index contributed by atoms with van der Waals surface area (Å²) in [7, 11) is 0. The highest BCUT2D eigenvalue weighted by atomic mass is 79.9. The van der Waals surface area contributed by atoms with Crippen molar-refractivity contribution in [2.75, 3.05) is 0 Å². The summed E-state index contributed by atoms with van der Waals surface area (Å²) in [4.78, 5) is 11.1. The van der Waals surface area contributed by atoms with Crippen LogP contribution in [0.4, 0.5) is 0 Å². The van der Waals surface area contributed by atoms with Gasteiger partial charge in [0.25, 0.3) is 0 Å². The molecule has 1 aromatic heterocycles. The molecule has 0 saturated carbocycles. The number of aliphatic carboxylic acids is 1. The van der Waals surface area contributed by atoms with E-state index in [4.69, 9.17) is 10.4 Å². The smallest absolute Gasteiger partial charge is 0.308 e. The van der Waals surface area contributed by atoms with Crippen LogP contribution in [0.2, 0.25) is 0 Å². The van der Waals surface area contributed by atoms with Crippen molar-refractivity contribution in [3.63, 3.8) is 0 Å². The molecule has 1 aliphatic carbocycles. The Morgan fingerprint density at radius 3 is 2.74 bits per heavy atom. The van der Waals surface area contributed by atoms with Crippen LogP contribution in [0.25, 0.3) is 5.69 Å². The van der Waals surface area contributed by atoms with Crippen LogP contribution in [0.3, 0.4) is 0 Å². The molecule has 6 heteroatoms. The first-order valence-corrected chi connectivity index (χ1v) is 8.18. The van der Waals surface area contributed by atoms with Gasteiger partial charge < -0.3 is 10.2 Å². The molecule has 0 unspecified atom stereocenters. The van der Waals surface area contributed by atoms with Crippen LogP contribution in [-0.2, 0) is 24.1 Å². The van der Waals surface area contributed by atoms with Gasteiger partial charge in [0.2, 0.25) is 0 Å². The van der Waals surface area contributed by atoms with E-state index in [1.807, 2.05) is 0 Å². The Hall–Kier alpha value is -2.26. The maximum Gasteiger partial charge on any atom is 0.308 e. The molecule has 0 bridgehead atoms. The van der Waals surface area contributed by atoms with Gasteiger partial charge in [-0.2, -0.15) is 5.26 Å². The molecule has 0 fully saturated rings. The van der Waals surface area contributed by atoms with Crippen LogP contribution >= 0.6 is 15.9 Å². The number of nitriles is 1. The van der Waals surface area contributed by atoms with E-state index in [2.05, 4.69) is 22.0 Å². The average molecular weight is 375 g/mol. The molecule has 0 spiro atoms. The maximum absolute atomic E-state index is 11.1. The highest BCUT2D eigenvalue weighted by molar-refractivity contribution is 9.10. The Morgan fingerprint density at radius 1 is 1.35 bits per heavy atom. The van der Waals surface area contributed by atoms with E-state index < -0.39 is 5.97 Å². The quantitative estimate of drug-likeness (QED) is 0.862. The zero-order valence-electron chi connectivity index (χ0n) is 12.3. The first-order chi connectivity index (χ1) is 11.0. The lowest BCUT2D eigenvalue weighted by molar-refractivity contribution is -0.136. The van der Waals surface area contributed by atoms with Gasteiger partial charge in [-0.3, -0.25) is 9.36 Å². The molecule has 0 saturated heterocycles. The molecule has 2 N–H and O–H groups in total. The van der Waals surface area contributed by atoms with Gasteiger partial charge in [0, 0.05) is 15.7 Å². The van der Waals surface area contributed by atoms with Gasteiger partial charge in [-0.25, -0.2) is 0 Å². The second kappa shape index (κ2) is 6.09. The minimum absolute atomic E-state index is 0.00953. The highest BCUT2D eigenvalue weighted by Gasteiger charge is 2.27. The van der Waals surface area contributed by atoms with Crippen LogP contribution in [0, 0.1) is 11.3 Å². The predicted molar refractivity (Wildman–Crippen MR) is 87.8 cm³/mol. The fourth-order valence-electron chi connectivity index (χ4n) is 3.21. The largest absolute Gasteiger partial charge is 0.494 e. The number of hydrogen-bond acceptors (Lipinski definition) is 3. The number of fused-ring (bicyclic) bond motifs is 1. The molecule has 1 heterocycles. The summed E-state index contributed by atoms with van der Waals surface area (Å²) in [5.74, 6) is -0.963. The number of carboxylic acids is 1. The third kappa shape index (κ3) is 2.73. The van der Waals surface area contributed by atoms with E-state index in [9.17, 15) is 9.90 Å². The Morgan fingerprint density at radius 2 is 2.09 bits per heavy atom. The van der Waals surface area contributed by atoms with Gasteiger partial charge in [-0.1, -0.05) is 0 Å². The molecule has 3 rings (SSSR count). The summed E-state index contributed by atoms with van der Waals surface area (Å²) in [5.41, 5.74) is 3.66. The monoisotopic (exact) mass is 374 g/mol. The molecule has 1 aromatic carbocycles. The van der Waals surface area contributed by atoms with E-state index in [1.165, 1.54) is 0 Å². The lowest BCUT2D eigenvalue weighted by Crippen LogP contribution is -2.08. The molecule has 0 amide bonds. The number of nitrogens with zero attached hydrogens (tertiary/aromatic N) is 2. The molecule has 1 aliphatic rings. The van der Waals surface area contributed by atoms with Crippen molar-refractivity contribution >= 4 is 21.9 Å². The number of aromatic nitrogens is 1. The van der Waals surface area contributed by atoms with Crippen molar-refractivity contribution in [3.05, 3.63) is 45.1 Å². The fraction of sp³-hybridized carbons (Fsp3) is 0.294. The summed E-state index contributed by atoms with van der Waals surface area (Å²) in [6, 6.07) is 7.22. The van der Waals surface area contributed by atoms with E-state index in [0.717, 1.165) is 42.6 Å². The number of halogens is 1. The number of carboxylic acid groups (broad SMARTS) is 1. The molecule has 0 atom stereocenters. The molecular formula is C17H15BrN2O3. The third-order valence-electron chi connectivity index (χ3n) is 4.20. The Labute approximate surface area is 141 Å². The predicted octanol–water partition coefficient (Wildman–Crippen LogP) is 3.32. The SMILES string of the molecule is N#Cc1ccc(-n2c(O)c(CC(=O)O)c3c2CCCC3)c(Br)c1. The third-order valence-corrected chi connectivity index (χ3v) is 4.84. The van der Waals surface area contributed by atoms with E-state index in [1.54, 1.807) is 22.8 Å². The van der Waals surface area contributed by atoms with Gasteiger partial charge in [0.15, 0.2) is 5.88 Å². The molecule has 5 nitrogen and oxygen atoms in total. The molecule has 2 aromatic rings. The van der Waals surface area contributed by atoms with Gasteiger partial charge >= 0.3 is 5.97 Å². The number of aromatic hydroxyl groups is 1. The van der Waals surface area contributed by atoms with Crippen molar-refractivity contribution in [1.82, 2.24) is 4.57 Å². The highest BCUT2D eigenvalue weighted by Crippen LogP contribution is 2.39. The summed E-state index contributed by atoms with van der Waals surface area (Å²) >= 11 is 3.45. The zero-order valence-corrected chi connectivity index (χ0v) is 13.9. The lowest BCUT2D eigenvalue weighted by Gasteiger charge is -2.17. The first kappa shape index (κ1) is 15.6. The average Bonchev–Trinajstić information content (AvgIpc) is 2.80. The van der Waals surface area contributed by atoms with E-state index in [-0.39, 0.29) is 12.3 Å². The lowest BCUT2D eigenvalue weighted by atomic mass is 9.94. The van der Waals surface area contributed by atoms with Crippen LogP contribution < -0.4 is 0 Å². The Bertz CT molecular complexity index is 833. The van der Waals surface area contributed by atoms with Crippen molar-refractivity contribution in [1.29, 1.82) is 5.26 Å². The topological polar surface area (TPSA) is 86.3 Å². The van der Waals surface area contributed by atoms with Gasteiger partial charge in [0.1, 0.15) is 0 Å². The van der Waals surface area contributed by atoms with Crippen LogP contribution in [0.1, 0.15) is 35.2 Å². The minimum Gasteiger partial charge on any atom is -0.494 e. The van der Waals surface area contributed by atoms with E-state index >= 15 is 0 Å². The standard InChI is InChI=1S/C17H15BrN2O3/c18-13-7-10(9-19)5-6-15(13)20-14-4-2-1-3-11(14)12(17(20)23)8-16(21)22/h5-7,23H,1-4,8H2,(H,21,22). The van der Waals surface area contributed by atoms with Gasteiger partial charge in [-0.15, -0.1) is 0 Å². The molecule has 0 radical (unpaired) electrons. The molecule has 0 aliphatic heterocycles. The molecular weight excluding hydrogens is 360 g/mol. The number of benzene rings is 1. The summed E-state index contributed by atoms with van der Waals surface area (Å²) in [6.45, 7) is 0. The molecule has 118 valence electrons. The number of carbonyl (C=O) groups is 1. The molecule has 23 heavy (non-hydrogen) atoms. The van der Waals surface area contributed by atoms with Crippen LogP contribution in [-0.4, -0.2) is 20.7 Å². The van der Waals surface area contributed by atoms with E-state index in [0.29, 0.717) is 15.6 Å². The summed E-state index contributed by atoms with van der Waals surface area (Å²) in [5, 5.41) is 28.8. The Balaban J connectivity index is 2.22. The normalized spacial score (nSPS) is 13.4.